The fourth-order valence-electron chi connectivity index (χ4n) is 1.02. The van der Waals surface area contributed by atoms with E-state index in [1.807, 2.05) is 0 Å². The Kier molecular flexibility index (Phi) is 3.52. The van der Waals surface area contributed by atoms with Crippen LogP contribution in [0.5, 0.6) is 0 Å². The van der Waals surface area contributed by atoms with Gasteiger partial charge in [0.25, 0.3) is 0 Å². The number of esters is 1. The first-order valence-corrected chi connectivity index (χ1v) is 4.10. The van der Waals surface area contributed by atoms with Gasteiger partial charge in [-0.2, -0.15) is 0 Å². The number of nitrogens with two attached hydrogens (primary N) is 1. The number of rotatable bonds is 4. The largest absolute Gasteiger partial charge is 0.469 e. The van der Waals surface area contributed by atoms with Crippen molar-refractivity contribution in [2.45, 2.75) is 18.9 Å². The van der Waals surface area contributed by atoms with Gasteiger partial charge in [-0.15, -0.1) is 0 Å². The smallest absolute Gasteiger partial charge is 0.305 e. The summed E-state index contributed by atoms with van der Waals surface area (Å²) < 4.78 is 9.58. The Hall–Kier alpha value is -1.29. The molecule has 0 aliphatic heterocycles. The third kappa shape index (κ3) is 2.91. The molecule has 1 aromatic heterocycles. The van der Waals surface area contributed by atoms with Crippen molar-refractivity contribution in [2.24, 2.45) is 5.73 Å². The second-order valence-electron chi connectivity index (χ2n) is 2.74. The van der Waals surface area contributed by atoms with E-state index in [2.05, 4.69) is 4.74 Å². The lowest BCUT2D eigenvalue weighted by Crippen LogP contribution is -2.12. The molecule has 72 valence electrons. The SMILES string of the molecule is COC(=O)CCC(N)c1ccco1. The molecule has 2 N–H and O–H groups in total. The van der Waals surface area contributed by atoms with E-state index in [1.54, 1.807) is 18.4 Å². The highest BCUT2D eigenvalue weighted by Gasteiger charge is 2.10. The van der Waals surface area contributed by atoms with Gasteiger partial charge in [0.15, 0.2) is 0 Å². The summed E-state index contributed by atoms with van der Waals surface area (Å²) in [5.41, 5.74) is 5.74. The highest BCUT2D eigenvalue weighted by atomic mass is 16.5. The monoisotopic (exact) mass is 183 g/mol. The van der Waals surface area contributed by atoms with Crippen LogP contribution in [-0.4, -0.2) is 13.1 Å². The molecule has 1 rings (SSSR count). The molecule has 1 heterocycles. The molecule has 0 aromatic carbocycles. The lowest BCUT2D eigenvalue weighted by molar-refractivity contribution is -0.140. The van der Waals surface area contributed by atoms with Gasteiger partial charge in [-0.25, -0.2) is 0 Å². The minimum absolute atomic E-state index is 0.228. The number of ether oxygens (including phenoxy) is 1. The van der Waals surface area contributed by atoms with Crippen LogP contribution in [-0.2, 0) is 9.53 Å². The van der Waals surface area contributed by atoms with Crippen molar-refractivity contribution >= 4 is 5.97 Å². The molecule has 4 nitrogen and oxygen atoms in total. The average Bonchev–Trinajstić information content (AvgIpc) is 2.66. The number of carbonyl (C=O) groups excluding carboxylic acids is 1. The fraction of sp³-hybridized carbons (Fsp3) is 0.444. The third-order valence-electron chi connectivity index (χ3n) is 1.80. The zero-order valence-corrected chi connectivity index (χ0v) is 7.53. The minimum atomic E-state index is -0.248. The van der Waals surface area contributed by atoms with E-state index in [1.165, 1.54) is 7.11 Å². The molecule has 0 saturated heterocycles. The van der Waals surface area contributed by atoms with Crippen molar-refractivity contribution in [3.8, 4) is 0 Å². The zero-order valence-electron chi connectivity index (χ0n) is 7.53. The summed E-state index contributed by atoms with van der Waals surface area (Å²) in [6, 6.07) is 3.34. The number of hydrogen-bond acceptors (Lipinski definition) is 4. The second-order valence-corrected chi connectivity index (χ2v) is 2.74. The van der Waals surface area contributed by atoms with Gasteiger partial charge in [0.05, 0.1) is 19.4 Å². The van der Waals surface area contributed by atoms with E-state index in [0.29, 0.717) is 18.6 Å². The Morgan fingerprint density at radius 1 is 1.77 bits per heavy atom. The van der Waals surface area contributed by atoms with E-state index >= 15 is 0 Å². The molecular weight excluding hydrogens is 170 g/mol. The molecule has 0 spiro atoms. The molecule has 4 heteroatoms. The summed E-state index contributed by atoms with van der Waals surface area (Å²) in [6.45, 7) is 0. The predicted octanol–water partition coefficient (Wildman–Crippen LogP) is 1.23. The number of carbonyl (C=O) groups is 1. The standard InChI is InChI=1S/C9H13NO3/c1-12-9(11)5-4-7(10)8-3-2-6-13-8/h2-3,6-7H,4-5,10H2,1H3. The van der Waals surface area contributed by atoms with E-state index in [0.717, 1.165) is 0 Å². The maximum Gasteiger partial charge on any atom is 0.305 e. The molecule has 1 unspecified atom stereocenters. The van der Waals surface area contributed by atoms with Gasteiger partial charge in [-0.1, -0.05) is 0 Å². The Morgan fingerprint density at radius 2 is 2.54 bits per heavy atom. The molecule has 0 saturated carbocycles. The van der Waals surface area contributed by atoms with Crippen LogP contribution >= 0.6 is 0 Å². The molecular formula is C9H13NO3. The van der Waals surface area contributed by atoms with Crippen LogP contribution < -0.4 is 5.73 Å². The number of methoxy groups -OCH3 is 1. The van der Waals surface area contributed by atoms with Crippen LogP contribution in [0.2, 0.25) is 0 Å². The minimum Gasteiger partial charge on any atom is -0.469 e. The highest BCUT2D eigenvalue weighted by molar-refractivity contribution is 5.69. The molecule has 1 aromatic rings. The van der Waals surface area contributed by atoms with Gasteiger partial charge in [0.1, 0.15) is 5.76 Å². The molecule has 0 radical (unpaired) electrons. The number of furan rings is 1. The van der Waals surface area contributed by atoms with Crippen molar-refractivity contribution in [2.75, 3.05) is 7.11 Å². The van der Waals surface area contributed by atoms with Gasteiger partial charge in [0, 0.05) is 6.42 Å². The van der Waals surface area contributed by atoms with Gasteiger partial charge in [0.2, 0.25) is 0 Å². The van der Waals surface area contributed by atoms with Crippen LogP contribution in [0.15, 0.2) is 22.8 Å². The first-order chi connectivity index (χ1) is 6.24. The van der Waals surface area contributed by atoms with Crippen LogP contribution in [0.1, 0.15) is 24.6 Å². The zero-order chi connectivity index (χ0) is 9.68. The summed E-state index contributed by atoms with van der Waals surface area (Å²) in [5.74, 6) is 0.450. The molecule has 0 bridgehead atoms. The van der Waals surface area contributed by atoms with Crippen molar-refractivity contribution in [3.63, 3.8) is 0 Å². The molecule has 0 aliphatic carbocycles. The summed E-state index contributed by atoms with van der Waals surface area (Å²) in [7, 11) is 1.36. The van der Waals surface area contributed by atoms with Crippen LogP contribution in [0.25, 0.3) is 0 Å². The quantitative estimate of drug-likeness (QED) is 0.713. The lowest BCUT2D eigenvalue weighted by Gasteiger charge is -2.06. The average molecular weight is 183 g/mol. The second kappa shape index (κ2) is 4.67. The molecule has 1 atom stereocenters. The topological polar surface area (TPSA) is 65.5 Å². The third-order valence-corrected chi connectivity index (χ3v) is 1.80. The van der Waals surface area contributed by atoms with Crippen molar-refractivity contribution in [1.29, 1.82) is 0 Å². The number of hydrogen-bond donors (Lipinski definition) is 1. The first-order valence-electron chi connectivity index (χ1n) is 4.10. The molecule has 13 heavy (non-hydrogen) atoms. The van der Waals surface area contributed by atoms with Gasteiger partial charge < -0.3 is 14.9 Å². The summed E-state index contributed by atoms with van der Waals surface area (Å²) in [5, 5.41) is 0. The Morgan fingerprint density at radius 3 is 3.08 bits per heavy atom. The lowest BCUT2D eigenvalue weighted by atomic mass is 10.1. The Bertz CT molecular complexity index is 256. The van der Waals surface area contributed by atoms with E-state index < -0.39 is 0 Å². The van der Waals surface area contributed by atoms with Gasteiger partial charge >= 0.3 is 5.97 Å². The highest BCUT2D eigenvalue weighted by Crippen LogP contribution is 2.15. The maximum atomic E-state index is 10.8. The molecule has 0 fully saturated rings. The predicted molar refractivity (Wildman–Crippen MR) is 46.9 cm³/mol. The van der Waals surface area contributed by atoms with Crippen LogP contribution in [0.4, 0.5) is 0 Å². The van der Waals surface area contributed by atoms with Crippen molar-refractivity contribution < 1.29 is 13.9 Å². The fourth-order valence-corrected chi connectivity index (χ4v) is 1.02. The van der Waals surface area contributed by atoms with E-state index in [9.17, 15) is 4.79 Å². The summed E-state index contributed by atoms with van der Waals surface area (Å²) in [4.78, 5) is 10.8. The summed E-state index contributed by atoms with van der Waals surface area (Å²) >= 11 is 0. The Labute approximate surface area is 76.7 Å². The first kappa shape index (κ1) is 9.80. The van der Waals surface area contributed by atoms with E-state index in [4.69, 9.17) is 10.2 Å². The van der Waals surface area contributed by atoms with Gasteiger partial charge in [-0.3, -0.25) is 4.79 Å². The maximum absolute atomic E-state index is 10.8. The van der Waals surface area contributed by atoms with Crippen LogP contribution in [0, 0.1) is 0 Å². The normalized spacial score (nSPS) is 12.5. The summed E-state index contributed by atoms with van der Waals surface area (Å²) in [6.07, 6.45) is 2.42. The van der Waals surface area contributed by atoms with E-state index in [-0.39, 0.29) is 12.0 Å². The Balaban J connectivity index is 2.34. The van der Waals surface area contributed by atoms with Crippen molar-refractivity contribution in [1.82, 2.24) is 0 Å². The van der Waals surface area contributed by atoms with Crippen molar-refractivity contribution in [3.05, 3.63) is 24.2 Å². The van der Waals surface area contributed by atoms with Gasteiger partial charge in [-0.05, 0) is 18.6 Å². The molecule has 0 aliphatic rings. The molecule has 0 amide bonds. The van der Waals surface area contributed by atoms with Crippen LogP contribution in [0.3, 0.4) is 0 Å².